The third-order valence-corrected chi connectivity index (χ3v) is 3.79. The predicted octanol–water partition coefficient (Wildman–Crippen LogP) is 2.11. The van der Waals surface area contributed by atoms with Gasteiger partial charge in [0.25, 0.3) is 5.22 Å². The highest BCUT2D eigenvalue weighted by molar-refractivity contribution is 7.99. The Labute approximate surface area is 116 Å². The minimum absolute atomic E-state index is 0.475. The monoisotopic (exact) mass is 274 g/mol. The predicted molar refractivity (Wildman–Crippen MR) is 72.6 cm³/mol. The van der Waals surface area contributed by atoms with Gasteiger partial charge in [0.2, 0.25) is 5.89 Å². The molecule has 0 spiro atoms. The van der Waals surface area contributed by atoms with Crippen molar-refractivity contribution in [3.05, 3.63) is 41.8 Å². The average molecular weight is 274 g/mol. The molecule has 2 rings (SSSR count). The summed E-state index contributed by atoms with van der Waals surface area (Å²) >= 11 is 1.37. The van der Waals surface area contributed by atoms with Crippen LogP contribution >= 0.6 is 11.8 Å². The number of nitrogens with zero attached hydrogens (tertiary/aromatic N) is 3. The van der Waals surface area contributed by atoms with Crippen molar-refractivity contribution >= 4 is 11.8 Å². The molecular formula is C13H14N4OS. The molecule has 1 atom stereocenters. The third kappa shape index (κ3) is 2.95. The van der Waals surface area contributed by atoms with Gasteiger partial charge in [0.15, 0.2) is 0 Å². The van der Waals surface area contributed by atoms with Crippen LogP contribution in [0.25, 0.3) is 0 Å². The lowest BCUT2D eigenvalue weighted by Gasteiger charge is -2.25. The van der Waals surface area contributed by atoms with Crippen molar-refractivity contribution in [2.75, 3.05) is 12.8 Å². The van der Waals surface area contributed by atoms with E-state index in [0.717, 1.165) is 5.56 Å². The fourth-order valence-corrected chi connectivity index (χ4v) is 2.68. The Kier molecular flexibility index (Phi) is 4.20. The quantitative estimate of drug-likeness (QED) is 0.842. The van der Waals surface area contributed by atoms with Crippen LogP contribution in [-0.4, -0.2) is 23.0 Å². The Morgan fingerprint density at radius 3 is 2.63 bits per heavy atom. The highest BCUT2D eigenvalue weighted by Gasteiger charge is 2.31. The van der Waals surface area contributed by atoms with Gasteiger partial charge >= 0.3 is 0 Å². The lowest BCUT2D eigenvalue weighted by molar-refractivity contribution is 0.427. The molecule has 0 amide bonds. The average Bonchev–Trinajstić information content (AvgIpc) is 2.88. The zero-order valence-electron chi connectivity index (χ0n) is 10.8. The minimum Gasteiger partial charge on any atom is -0.416 e. The van der Waals surface area contributed by atoms with Gasteiger partial charge < -0.3 is 4.42 Å². The lowest BCUT2D eigenvalue weighted by Crippen LogP contribution is -2.41. The first-order valence-corrected chi connectivity index (χ1v) is 6.77. The second-order valence-electron chi connectivity index (χ2n) is 4.01. The first-order valence-electron chi connectivity index (χ1n) is 5.79. The van der Waals surface area contributed by atoms with E-state index in [4.69, 9.17) is 4.42 Å². The molecule has 5 nitrogen and oxygen atoms in total. The fourth-order valence-electron chi connectivity index (χ4n) is 1.68. The van der Waals surface area contributed by atoms with Gasteiger partial charge in [-0.25, -0.2) is 0 Å². The SMILES string of the molecule is CNC(C#N)(CSc1nnc(C)o1)c1ccccc1. The van der Waals surface area contributed by atoms with Gasteiger partial charge in [0.1, 0.15) is 5.54 Å². The maximum atomic E-state index is 9.52. The van der Waals surface area contributed by atoms with Crippen LogP contribution in [0, 0.1) is 18.3 Å². The molecular weight excluding hydrogens is 260 g/mol. The molecule has 1 aromatic heterocycles. The van der Waals surface area contributed by atoms with Gasteiger partial charge in [-0.2, -0.15) is 5.26 Å². The van der Waals surface area contributed by atoms with Crippen LogP contribution in [0.4, 0.5) is 0 Å². The number of thioether (sulfide) groups is 1. The highest BCUT2D eigenvalue weighted by atomic mass is 32.2. The molecule has 0 aliphatic heterocycles. The van der Waals surface area contributed by atoms with Crippen molar-refractivity contribution < 1.29 is 4.42 Å². The molecule has 0 saturated carbocycles. The van der Waals surface area contributed by atoms with Crippen LogP contribution < -0.4 is 5.32 Å². The largest absolute Gasteiger partial charge is 0.416 e. The smallest absolute Gasteiger partial charge is 0.276 e. The molecule has 0 fully saturated rings. The molecule has 1 N–H and O–H groups in total. The van der Waals surface area contributed by atoms with Crippen LogP contribution in [-0.2, 0) is 5.54 Å². The van der Waals surface area contributed by atoms with E-state index in [-0.39, 0.29) is 0 Å². The summed E-state index contributed by atoms with van der Waals surface area (Å²) in [7, 11) is 1.77. The van der Waals surface area contributed by atoms with Crippen molar-refractivity contribution in [1.82, 2.24) is 15.5 Å². The maximum Gasteiger partial charge on any atom is 0.276 e. The summed E-state index contributed by atoms with van der Waals surface area (Å²) in [6, 6.07) is 12.0. The van der Waals surface area contributed by atoms with Crippen LogP contribution in [0.15, 0.2) is 40.0 Å². The normalized spacial score (nSPS) is 13.7. The molecule has 0 aliphatic carbocycles. The van der Waals surface area contributed by atoms with Crippen molar-refractivity contribution in [1.29, 1.82) is 5.26 Å². The molecule has 98 valence electrons. The van der Waals surface area contributed by atoms with Crippen LogP contribution in [0.3, 0.4) is 0 Å². The van der Waals surface area contributed by atoms with E-state index in [0.29, 0.717) is 16.9 Å². The number of rotatable bonds is 5. The lowest BCUT2D eigenvalue weighted by atomic mass is 9.94. The van der Waals surface area contributed by atoms with E-state index in [1.165, 1.54) is 11.8 Å². The summed E-state index contributed by atoms with van der Waals surface area (Å²) in [4.78, 5) is 0. The van der Waals surface area contributed by atoms with Crippen LogP contribution in [0.5, 0.6) is 0 Å². The van der Waals surface area contributed by atoms with Gasteiger partial charge in [-0.15, -0.1) is 10.2 Å². The van der Waals surface area contributed by atoms with E-state index in [9.17, 15) is 5.26 Å². The van der Waals surface area contributed by atoms with Crippen molar-refractivity contribution in [3.8, 4) is 6.07 Å². The maximum absolute atomic E-state index is 9.52. The third-order valence-electron chi connectivity index (χ3n) is 2.80. The number of hydrogen-bond acceptors (Lipinski definition) is 6. The second-order valence-corrected chi connectivity index (χ2v) is 4.94. The number of aromatic nitrogens is 2. The zero-order valence-corrected chi connectivity index (χ0v) is 11.6. The Balaban J connectivity index is 2.19. The molecule has 0 radical (unpaired) electrons. The molecule has 2 aromatic rings. The molecule has 1 aromatic carbocycles. The molecule has 0 saturated heterocycles. The summed E-state index contributed by atoms with van der Waals surface area (Å²) < 4.78 is 5.31. The molecule has 0 aliphatic rings. The molecule has 1 heterocycles. The van der Waals surface area contributed by atoms with E-state index >= 15 is 0 Å². The molecule has 6 heteroatoms. The molecule has 0 bridgehead atoms. The number of benzene rings is 1. The summed E-state index contributed by atoms with van der Waals surface area (Å²) in [6.07, 6.45) is 0. The van der Waals surface area contributed by atoms with E-state index in [2.05, 4.69) is 21.6 Å². The Morgan fingerprint density at radius 2 is 2.11 bits per heavy atom. The second kappa shape index (κ2) is 5.87. The zero-order chi connectivity index (χ0) is 13.7. The van der Waals surface area contributed by atoms with Gasteiger partial charge in [-0.1, -0.05) is 42.1 Å². The van der Waals surface area contributed by atoms with Gasteiger partial charge in [-0.05, 0) is 12.6 Å². The number of nitrogens with one attached hydrogen (secondary N) is 1. The fraction of sp³-hybridized carbons (Fsp3) is 0.308. The van der Waals surface area contributed by atoms with E-state index in [1.54, 1.807) is 14.0 Å². The molecule has 1 unspecified atom stereocenters. The Bertz CT molecular complexity index is 578. The van der Waals surface area contributed by atoms with Gasteiger partial charge in [0, 0.05) is 12.7 Å². The first-order chi connectivity index (χ1) is 9.20. The van der Waals surface area contributed by atoms with Crippen LogP contribution in [0.1, 0.15) is 11.5 Å². The highest BCUT2D eigenvalue weighted by Crippen LogP contribution is 2.28. The van der Waals surface area contributed by atoms with Crippen molar-refractivity contribution in [2.45, 2.75) is 17.7 Å². The topological polar surface area (TPSA) is 74.7 Å². The first kappa shape index (κ1) is 13.6. The Morgan fingerprint density at radius 1 is 1.37 bits per heavy atom. The minimum atomic E-state index is -0.770. The number of aryl methyl sites for hydroxylation is 1. The number of nitriles is 1. The summed E-state index contributed by atoms with van der Waals surface area (Å²) in [5, 5.41) is 20.8. The number of hydrogen-bond donors (Lipinski definition) is 1. The van der Waals surface area contributed by atoms with Crippen molar-refractivity contribution in [2.24, 2.45) is 0 Å². The van der Waals surface area contributed by atoms with Gasteiger partial charge in [-0.3, -0.25) is 5.32 Å². The van der Waals surface area contributed by atoms with Gasteiger partial charge in [0.05, 0.1) is 6.07 Å². The molecule has 19 heavy (non-hydrogen) atoms. The van der Waals surface area contributed by atoms with E-state index in [1.807, 2.05) is 30.3 Å². The van der Waals surface area contributed by atoms with E-state index < -0.39 is 5.54 Å². The summed E-state index contributed by atoms with van der Waals surface area (Å²) in [5.41, 5.74) is 0.151. The van der Waals surface area contributed by atoms with Crippen LogP contribution in [0.2, 0.25) is 0 Å². The Hall–Kier alpha value is -1.84. The van der Waals surface area contributed by atoms with Crippen molar-refractivity contribution in [3.63, 3.8) is 0 Å². The standard InChI is InChI=1S/C13H14N4OS/c1-10-16-17-12(18-10)19-9-13(8-14,15-2)11-6-4-3-5-7-11/h3-7,15H,9H2,1-2H3. The summed E-state index contributed by atoms with van der Waals surface area (Å²) in [6.45, 7) is 1.74. The summed E-state index contributed by atoms with van der Waals surface area (Å²) in [5.74, 6) is 1.01.